The standard InChI is InChI=1S/C19H20FNO3S/c1-14-2-10-19(11-3-14)25(23,24)21-12-16(6-9-18(22)13-21)15-4-7-17(20)8-5-15/h2-8,10-11,18,22H,9,12-13H2,1H3. The molecule has 6 heteroatoms. The van der Waals surface area contributed by atoms with Gasteiger partial charge in [-0.1, -0.05) is 35.9 Å². The number of aliphatic hydroxyl groups is 1. The molecule has 132 valence electrons. The number of hydrogen-bond donors (Lipinski definition) is 1. The van der Waals surface area contributed by atoms with Gasteiger partial charge in [0, 0.05) is 13.1 Å². The SMILES string of the molecule is Cc1ccc(S(=O)(=O)N2CC(c3ccc(F)cc3)=CCC(O)C2)cc1. The molecule has 1 atom stereocenters. The summed E-state index contributed by atoms with van der Waals surface area (Å²) in [4.78, 5) is 0.200. The van der Waals surface area contributed by atoms with Gasteiger partial charge in [-0.15, -0.1) is 0 Å². The number of halogens is 1. The van der Waals surface area contributed by atoms with Crippen LogP contribution in [0.4, 0.5) is 4.39 Å². The van der Waals surface area contributed by atoms with Crippen LogP contribution < -0.4 is 0 Å². The molecule has 0 radical (unpaired) electrons. The Hall–Kier alpha value is -2.02. The Morgan fingerprint density at radius 2 is 1.72 bits per heavy atom. The first-order valence-electron chi connectivity index (χ1n) is 8.06. The molecule has 2 aromatic carbocycles. The van der Waals surface area contributed by atoms with Crippen molar-refractivity contribution in [2.45, 2.75) is 24.3 Å². The van der Waals surface area contributed by atoms with E-state index >= 15 is 0 Å². The highest BCUT2D eigenvalue weighted by Crippen LogP contribution is 2.26. The number of hydrogen-bond acceptors (Lipinski definition) is 3. The molecule has 0 fully saturated rings. The summed E-state index contributed by atoms with van der Waals surface area (Å²) in [6, 6.07) is 12.6. The van der Waals surface area contributed by atoms with Gasteiger partial charge >= 0.3 is 0 Å². The van der Waals surface area contributed by atoms with E-state index in [1.54, 1.807) is 36.4 Å². The van der Waals surface area contributed by atoms with E-state index in [4.69, 9.17) is 0 Å². The second kappa shape index (κ2) is 7.07. The third-order valence-electron chi connectivity index (χ3n) is 4.27. The molecule has 0 bridgehead atoms. The first kappa shape index (κ1) is 17.8. The summed E-state index contributed by atoms with van der Waals surface area (Å²) in [6.45, 7) is 2.05. The number of aryl methyl sites for hydroxylation is 1. The third-order valence-corrected chi connectivity index (χ3v) is 6.10. The molecule has 25 heavy (non-hydrogen) atoms. The van der Waals surface area contributed by atoms with E-state index in [2.05, 4.69) is 0 Å². The van der Waals surface area contributed by atoms with E-state index in [1.807, 2.05) is 13.0 Å². The van der Waals surface area contributed by atoms with Crippen molar-refractivity contribution in [3.8, 4) is 0 Å². The van der Waals surface area contributed by atoms with Crippen LogP contribution in [-0.2, 0) is 10.0 Å². The zero-order valence-electron chi connectivity index (χ0n) is 13.9. The number of benzene rings is 2. The van der Waals surface area contributed by atoms with Gasteiger partial charge in [0.15, 0.2) is 0 Å². The molecule has 0 saturated carbocycles. The smallest absolute Gasteiger partial charge is 0.243 e. The minimum Gasteiger partial charge on any atom is -0.391 e. The van der Waals surface area contributed by atoms with Crippen LogP contribution in [0.2, 0.25) is 0 Å². The number of sulfonamides is 1. The van der Waals surface area contributed by atoms with Crippen LogP contribution in [0.5, 0.6) is 0 Å². The molecule has 2 aromatic rings. The molecule has 1 unspecified atom stereocenters. The fourth-order valence-electron chi connectivity index (χ4n) is 2.82. The molecule has 0 saturated heterocycles. The zero-order valence-corrected chi connectivity index (χ0v) is 14.7. The van der Waals surface area contributed by atoms with Gasteiger partial charge in [-0.25, -0.2) is 12.8 Å². The van der Waals surface area contributed by atoms with Gasteiger partial charge in [0.2, 0.25) is 10.0 Å². The third kappa shape index (κ3) is 3.98. The minimum atomic E-state index is -3.73. The van der Waals surface area contributed by atoms with E-state index in [0.717, 1.165) is 16.7 Å². The molecular formula is C19H20FNO3S. The van der Waals surface area contributed by atoms with Crippen molar-refractivity contribution in [2.24, 2.45) is 0 Å². The van der Waals surface area contributed by atoms with Crippen molar-refractivity contribution in [1.82, 2.24) is 4.31 Å². The Morgan fingerprint density at radius 3 is 2.36 bits per heavy atom. The van der Waals surface area contributed by atoms with Gasteiger partial charge in [-0.3, -0.25) is 0 Å². The Labute approximate surface area is 147 Å². The first-order valence-corrected chi connectivity index (χ1v) is 9.50. The highest BCUT2D eigenvalue weighted by Gasteiger charge is 2.29. The van der Waals surface area contributed by atoms with Crippen molar-refractivity contribution in [1.29, 1.82) is 0 Å². The lowest BCUT2D eigenvalue weighted by atomic mass is 10.0. The second-order valence-electron chi connectivity index (χ2n) is 6.24. The molecule has 1 N–H and O–H groups in total. The summed E-state index contributed by atoms with van der Waals surface area (Å²) in [5.41, 5.74) is 2.48. The lowest BCUT2D eigenvalue weighted by molar-refractivity contribution is 0.155. The summed E-state index contributed by atoms with van der Waals surface area (Å²) in [5.74, 6) is -0.345. The first-order chi connectivity index (χ1) is 11.9. The van der Waals surface area contributed by atoms with Gasteiger partial charge in [-0.05, 0) is 48.7 Å². The van der Waals surface area contributed by atoms with Gasteiger partial charge in [-0.2, -0.15) is 4.31 Å². The lowest BCUT2D eigenvalue weighted by Crippen LogP contribution is -2.37. The van der Waals surface area contributed by atoms with Crippen LogP contribution in [0.15, 0.2) is 59.5 Å². The van der Waals surface area contributed by atoms with Gasteiger partial charge in [0.25, 0.3) is 0 Å². The number of rotatable bonds is 3. The highest BCUT2D eigenvalue weighted by molar-refractivity contribution is 7.89. The van der Waals surface area contributed by atoms with Crippen LogP contribution in [-0.4, -0.2) is 37.0 Å². The maximum absolute atomic E-state index is 13.2. The molecule has 3 rings (SSSR count). The highest BCUT2D eigenvalue weighted by atomic mass is 32.2. The van der Waals surface area contributed by atoms with Crippen LogP contribution in [0.25, 0.3) is 5.57 Å². The van der Waals surface area contributed by atoms with E-state index in [1.165, 1.54) is 16.4 Å². The summed E-state index contributed by atoms with van der Waals surface area (Å²) in [6.07, 6.45) is 1.40. The summed E-state index contributed by atoms with van der Waals surface area (Å²) < 4.78 is 40.3. The van der Waals surface area contributed by atoms with Crippen molar-refractivity contribution < 1.29 is 17.9 Å². The second-order valence-corrected chi connectivity index (χ2v) is 8.17. The Kier molecular flexibility index (Phi) is 5.03. The maximum atomic E-state index is 13.2. The molecule has 1 aliphatic rings. The van der Waals surface area contributed by atoms with Gasteiger partial charge in [0.05, 0.1) is 11.0 Å². The minimum absolute atomic E-state index is 0.0252. The Morgan fingerprint density at radius 1 is 1.08 bits per heavy atom. The predicted molar refractivity (Wildman–Crippen MR) is 94.9 cm³/mol. The van der Waals surface area contributed by atoms with Crippen LogP contribution in [0, 0.1) is 12.7 Å². The number of nitrogens with zero attached hydrogens (tertiary/aromatic N) is 1. The molecule has 4 nitrogen and oxygen atoms in total. The van der Waals surface area contributed by atoms with Crippen molar-refractivity contribution in [3.05, 3.63) is 71.6 Å². The fraction of sp³-hybridized carbons (Fsp3) is 0.263. The molecule has 1 heterocycles. The average molecular weight is 361 g/mol. The molecule has 0 spiro atoms. The zero-order chi connectivity index (χ0) is 18.0. The summed E-state index contributed by atoms with van der Waals surface area (Å²) in [7, 11) is -3.73. The number of β-amino-alcohol motifs (C(OH)–C–C–N with tert-alkyl or cyclic N) is 1. The fourth-order valence-corrected chi connectivity index (χ4v) is 4.28. The molecule has 1 aliphatic heterocycles. The normalized spacial score (nSPS) is 19.3. The van der Waals surface area contributed by atoms with Gasteiger partial charge < -0.3 is 5.11 Å². The monoisotopic (exact) mass is 361 g/mol. The van der Waals surface area contributed by atoms with Crippen LogP contribution in [0.3, 0.4) is 0 Å². The maximum Gasteiger partial charge on any atom is 0.243 e. The van der Waals surface area contributed by atoms with Crippen molar-refractivity contribution >= 4 is 15.6 Å². The van der Waals surface area contributed by atoms with E-state index < -0.39 is 16.1 Å². The van der Waals surface area contributed by atoms with Crippen LogP contribution in [0.1, 0.15) is 17.5 Å². The Balaban J connectivity index is 1.94. The topological polar surface area (TPSA) is 57.6 Å². The molecule has 0 aliphatic carbocycles. The van der Waals surface area contributed by atoms with Crippen molar-refractivity contribution in [2.75, 3.05) is 13.1 Å². The largest absolute Gasteiger partial charge is 0.391 e. The quantitative estimate of drug-likeness (QED) is 0.914. The van der Waals surface area contributed by atoms with Crippen LogP contribution >= 0.6 is 0 Å². The lowest BCUT2D eigenvalue weighted by Gasteiger charge is -2.23. The molecular weight excluding hydrogens is 341 g/mol. The van der Waals surface area contributed by atoms with E-state index in [0.29, 0.717) is 6.42 Å². The van der Waals surface area contributed by atoms with Crippen molar-refractivity contribution in [3.63, 3.8) is 0 Å². The van der Waals surface area contributed by atoms with E-state index in [9.17, 15) is 17.9 Å². The molecule has 0 amide bonds. The summed E-state index contributed by atoms with van der Waals surface area (Å²) in [5, 5.41) is 10.1. The average Bonchev–Trinajstić information content (AvgIpc) is 2.78. The number of aliphatic hydroxyl groups excluding tert-OH is 1. The van der Waals surface area contributed by atoms with Gasteiger partial charge in [0.1, 0.15) is 5.82 Å². The Bertz CT molecular complexity index is 874. The summed E-state index contributed by atoms with van der Waals surface area (Å²) >= 11 is 0. The predicted octanol–water partition coefficient (Wildman–Crippen LogP) is 2.97. The van der Waals surface area contributed by atoms with E-state index in [-0.39, 0.29) is 23.8 Å². The molecule has 0 aromatic heterocycles.